The fraction of sp³-hybridized carbons (Fsp3) is 0.143. The van der Waals surface area contributed by atoms with Crippen LogP contribution in [0, 0.1) is 10.8 Å². The standard InChI is InChI=1S/C21H17F6N5O/c1-10(28)31-11-2-4-13(15(8-11)20(22,23)24)17-6-7-18(33-17)14-5-3-12(32-19(29)30)9-16(14)21(25,26)27/h2-9H,1H3,(H2,28,31)(H4,29,30,32). The van der Waals surface area contributed by atoms with Gasteiger partial charge in [0.25, 0.3) is 0 Å². The molecule has 1 heterocycles. The summed E-state index contributed by atoms with van der Waals surface area (Å²) in [6.07, 6.45) is -9.60. The molecule has 0 aliphatic rings. The molecule has 0 fully saturated rings. The van der Waals surface area contributed by atoms with Crippen molar-refractivity contribution in [3.05, 3.63) is 59.7 Å². The molecule has 0 bridgehead atoms. The average Bonchev–Trinajstić information content (AvgIpc) is 3.15. The van der Waals surface area contributed by atoms with Crippen molar-refractivity contribution in [3.8, 4) is 22.6 Å². The van der Waals surface area contributed by atoms with E-state index in [1.54, 1.807) is 0 Å². The van der Waals surface area contributed by atoms with Crippen LogP contribution in [-0.4, -0.2) is 11.8 Å². The van der Waals surface area contributed by atoms with Crippen molar-refractivity contribution in [2.75, 3.05) is 10.6 Å². The first kappa shape index (κ1) is 23.7. The molecule has 3 aromatic rings. The van der Waals surface area contributed by atoms with Crippen molar-refractivity contribution in [3.63, 3.8) is 0 Å². The highest BCUT2D eigenvalue weighted by Crippen LogP contribution is 2.43. The van der Waals surface area contributed by atoms with Gasteiger partial charge in [0.1, 0.15) is 11.5 Å². The molecule has 6 nitrogen and oxygen atoms in total. The van der Waals surface area contributed by atoms with Crippen LogP contribution >= 0.6 is 0 Å². The summed E-state index contributed by atoms with van der Waals surface area (Å²) < 4.78 is 87.2. The molecule has 1 aromatic heterocycles. The van der Waals surface area contributed by atoms with Gasteiger partial charge in [0.05, 0.1) is 17.0 Å². The molecule has 0 spiro atoms. The summed E-state index contributed by atoms with van der Waals surface area (Å²) >= 11 is 0. The molecule has 6 N–H and O–H groups in total. The van der Waals surface area contributed by atoms with Gasteiger partial charge in [0.2, 0.25) is 0 Å². The molecule has 2 aromatic carbocycles. The predicted molar refractivity (Wildman–Crippen MR) is 112 cm³/mol. The lowest BCUT2D eigenvalue weighted by molar-refractivity contribution is -0.137. The molecule has 174 valence electrons. The molecule has 0 saturated carbocycles. The molecule has 0 amide bonds. The number of hydrogen-bond acceptors (Lipinski definition) is 3. The Bertz CT molecular complexity index is 1120. The molecule has 0 aliphatic heterocycles. The summed E-state index contributed by atoms with van der Waals surface area (Å²) in [7, 11) is 0. The highest BCUT2D eigenvalue weighted by molar-refractivity contribution is 5.92. The van der Waals surface area contributed by atoms with E-state index in [-0.39, 0.29) is 34.3 Å². The monoisotopic (exact) mass is 469 g/mol. The number of halogens is 6. The zero-order valence-corrected chi connectivity index (χ0v) is 16.9. The van der Waals surface area contributed by atoms with E-state index >= 15 is 0 Å². The number of guanidine groups is 1. The first-order valence-corrected chi connectivity index (χ1v) is 9.22. The number of nitrogens with two attached hydrogens (primary N) is 1. The lowest BCUT2D eigenvalue weighted by Crippen LogP contribution is -2.21. The largest absolute Gasteiger partial charge is 0.456 e. The van der Waals surface area contributed by atoms with Gasteiger partial charge >= 0.3 is 12.4 Å². The van der Waals surface area contributed by atoms with E-state index < -0.39 is 35.0 Å². The Kier molecular flexibility index (Phi) is 6.12. The number of benzene rings is 2. The topological polar surface area (TPSA) is 111 Å². The van der Waals surface area contributed by atoms with Gasteiger partial charge in [-0.05, 0) is 55.5 Å². The highest BCUT2D eigenvalue weighted by atomic mass is 19.4. The fourth-order valence-electron chi connectivity index (χ4n) is 3.14. The fourth-order valence-corrected chi connectivity index (χ4v) is 3.14. The van der Waals surface area contributed by atoms with Gasteiger partial charge in [-0.15, -0.1) is 0 Å². The van der Waals surface area contributed by atoms with Crippen molar-refractivity contribution in [2.24, 2.45) is 5.73 Å². The van der Waals surface area contributed by atoms with E-state index in [1.807, 2.05) is 0 Å². The second kappa shape index (κ2) is 8.52. The molecule has 0 aliphatic carbocycles. The minimum atomic E-state index is -4.81. The minimum absolute atomic E-state index is 0.0262. The maximum absolute atomic E-state index is 13.6. The van der Waals surface area contributed by atoms with E-state index in [0.717, 1.165) is 36.4 Å². The average molecular weight is 469 g/mol. The van der Waals surface area contributed by atoms with Gasteiger partial charge in [-0.25, -0.2) is 0 Å². The number of hydrogen-bond donors (Lipinski definition) is 5. The number of furan rings is 1. The first-order valence-electron chi connectivity index (χ1n) is 9.22. The van der Waals surface area contributed by atoms with Crippen molar-refractivity contribution in [1.29, 1.82) is 10.8 Å². The van der Waals surface area contributed by atoms with E-state index in [4.69, 9.17) is 21.0 Å². The Morgan fingerprint density at radius 2 is 1.18 bits per heavy atom. The van der Waals surface area contributed by atoms with Crippen LogP contribution in [0.3, 0.4) is 0 Å². The maximum atomic E-state index is 13.6. The first-order chi connectivity index (χ1) is 15.3. The normalized spacial score (nSPS) is 11.8. The van der Waals surface area contributed by atoms with Crippen LogP contribution in [-0.2, 0) is 12.4 Å². The number of alkyl halides is 6. The molecular weight excluding hydrogens is 452 g/mol. The van der Waals surface area contributed by atoms with Crippen LogP contribution in [0.25, 0.3) is 22.6 Å². The second-order valence-electron chi connectivity index (χ2n) is 6.97. The van der Waals surface area contributed by atoms with Crippen LogP contribution in [0.15, 0.2) is 52.9 Å². The molecule has 0 radical (unpaired) electrons. The molecular formula is C21H17F6N5O. The Morgan fingerprint density at radius 3 is 1.55 bits per heavy atom. The molecule has 33 heavy (non-hydrogen) atoms. The summed E-state index contributed by atoms with van der Waals surface area (Å²) in [5.41, 5.74) is 2.13. The van der Waals surface area contributed by atoms with E-state index in [0.29, 0.717) is 0 Å². The lowest BCUT2D eigenvalue weighted by Gasteiger charge is -2.15. The third-order valence-corrected chi connectivity index (χ3v) is 4.40. The van der Waals surface area contributed by atoms with Gasteiger partial charge in [-0.1, -0.05) is 0 Å². The van der Waals surface area contributed by atoms with Crippen LogP contribution in [0.2, 0.25) is 0 Å². The number of rotatable bonds is 4. The summed E-state index contributed by atoms with van der Waals surface area (Å²) in [6.45, 7) is 1.36. The Hall–Kier alpha value is -3.96. The van der Waals surface area contributed by atoms with Gasteiger partial charge in [0.15, 0.2) is 5.96 Å². The lowest BCUT2D eigenvalue weighted by atomic mass is 10.0. The van der Waals surface area contributed by atoms with E-state index in [2.05, 4.69) is 10.6 Å². The summed E-state index contributed by atoms with van der Waals surface area (Å²) in [4.78, 5) is 0. The van der Waals surface area contributed by atoms with Gasteiger partial charge in [-0.2, -0.15) is 26.3 Å². The second-order valence-corrected chi connectivity index (χ2v) is 6.97. The zero-order chi connectivity index (χ0) is 24.6. The molecule has 0 unspecified atom stereocenters. The molecule has 0 saturated heterocycles. The van der Waals surface area contributed by atoms with Crippen LogP contribution in [0.5, 0.6) is 0 Å². The van der Waals surface area contributed by atoms with Gasteiger partial charge in [0, 0.05) is 22.5 Å². The minimum Gasteiger partial charge on any atom is -0.456 e. The summed E-state index contributed by atoms with van der Waals surface area (Å²) in [5.74, 6) is -1.21. The van der Waals surface area contributed by atoms with Gasteiger partial charge in [-0.3, -0.25) is 10.8 Å². The Morgan fingerprint density at radius 1 is 0.758 bits per heavy atom. The quantitative estimate of drug-likeness (QED) is 0.174. The maximum Gasteiger partial charge on any atom is 0.417 e. The third-order valence-electron chi connectivity index (χ3n) is 4.40. The zero-order valence-electron chi connectivity index (χ0n) is 16.9. The van der Waals surface area contributed by atoms with Crippen molar-refractivity contribution in [1.82, 2.24) is 0 Å². The van der Waals surface area contributed by atoms with Crippen molar-refractivity contribution < 1.29 is 30.8 Å². The Balaban J connectivity index is 2.09. The van der Waals surface area contributed by atoms with E-state index in [9.17, 15) is 26.3 Å². The van der Waals surface area contributed by atoms with E-state index in [1.165, 1.54) is 19.1 Å². The number of nitrogens with one attached hydrogen (secondary N) is 4. The third kappa shape index (κ3) is 5.45. The van der Waals surface area contributed by atoms with Crippen LogP contribution < -0.4 is 16.4 Å². The smallest absolute Gasteiger partial charge is 0.417 e. The molecule has 0 atom stereocenters. The van der Waals surface area contributed by atoms with Crippen molar-refractivity contribution in [2.45, 2.75) is 19.3 Å². The van der Waals surface area contributed by atoms with Crippen LogP contribution in [0.1, 0.15) is 18.1 Å². The van der Waals surface area contributed by atoms with Crippen LogP contribution in [0.4, 0.5) is 37.7 Å². The molecule has 3 rings (SSSR count). The highest BCUT2D eigenvalue weighted by Gasteiger charge is 2.36. The van der Waals surface area contributed by atoms with Crippen molar-refractivity contribution >= 4 is 23.2 Å². The SMILES string of the molecule is CC(=N)Nc1ccc(-c2ccc(-c3ccc(NC(=N)N)cc3C(F)(F)F)o2)c(C(F)(F)F)c1. The Labute approximate surface area is 183 Å². The number of anilines is 2. The summed E-state index contributed by atoms with van der Waals surface area (Å²) in [5, 5.41) is 19.2. The number of amidine groups is 1. The summed E-state index contributed by atoms with van der Waals surface area (Å²) in [6, 6.07) is 8.52. The predicted octanol–water partition coefficient (Wildman–Crippen LogP) is 6.37. The van der Waals surface area contributed by atoms with Gasteiger partial charge < -0.3 is 20.8 Å². The molecule has 12 heteroatoms.